The van der Waals surface area contributed by atoms with Crippen molar-refractivity contribution in [3.05, 3.63) is 54.0 Å². The van der Waals surface area contributed by atoms with Crippen molar-refractivity contribution in [3.8, 4) is 5.75 Å². The molecule has 122 valence electrons. The van der Waals surface area contributed by atoms with E-state index >= 15 is 0 Å². The second kappa shape index (κ2) is 5.55. The highest BCUT2D eigenvalue weighted by atomic mass is 32.2. The largest absolute Gasteiger partial charge is 0.494 e. The molecule has 0 amide bonds. The number of rotatable bonds is 4. The number of halogens is 1. The molecule has 1 saturated heterocycles. The Hall–Kier alpha value is -2.03. The predicted molar refractivity (Wildman–Crippen MR) is 79.8 cm³/mol. The number of nitrogens with zero attached hydrogens (tertiary/aromatic N) is 2. The first kappa shape index (κ1) is 15.9. The molecule has 6 nitrogen and oxygen atoms in total. The van der Waals surface area contributed by atoms with Gasteiger partial charge in [0.15, 0.2) is 5.75 Å². The fraction of sp³-hybridized carbons (Fsp3) is 0.267. The van der Waals surface area contributed by atoms with Gasteiger partial charge in [-0.2, -0.15) is 4.31 Å². The van der Waals surface area contributed by atoms with Crippen LogP contribution in [0, 0.1) is 5.82 Å². The zero-order valence-corrected chi connectivity index (χ0v) is 13.1. The minimum Gasteiger partial charge on any atom is -0.494 e. The SMILES string of the molecule is COc1cccnc1S(=O)(=O)N1CC(O)(c2ccccc2F)C1. The lowest BCUT2D eigenvalue weighted by atomic mass is 9.88. The van der Waals surface area contributed by atoms with Gasteiger partial charge >= 0.3 is 0 Å². The van der Waals surface area contributed by atoms with Crippen LogP contribution >= 0.6 is 0 Å². The van der Waals surface area contributed by atoms with Crippen molar-refractivity contribution in [2.24, 2.45) is 0 Å². The van der Waals surface area contributed by atoms with Crippen molar-refractivity contribution in [2.75, 3.05) is 20.2 Å². The molecule has 1 N–H and O–H groups in total. The van der Waals surface area contributed by atoms with Gasteiger partial charge in [0.25, 0.3) is 10.0 Å². The van der Waals surface area contributed by atoms with E-state index in [9.17, 15) is 17.9 Å². The lowest BCUT2D eigenvalue weighted by Crippen LogP contribution is -2.61. The first-order valence-electron chi connectivity index (χ1n) is 6.85. The molecule has 2 heterocycles. The second-order valence-corrected chi connectivity index (χ2v) is 7.15. The number of β-amino-alcohol motifs (C(OH)–C–C–N with tert-alkyl or cyclic N) is 1. The third-order valence-electron chi connectivity index (χ3n) is 3.79. The molecule has 0 bridgehead atoms. The van der Waals surface area contributed by atoms with E-state index in [-0.39, 0.29) is 29.4 Å². The van der Waals surface area contributed by atoms with Gasteiger partial charge in [0.05, 0.1) is 7.11 Å². The van der Waals surface area contributed by atoms with Crippen LogP contribution < -0.4 is 4.74 Å². The van der Waals surface area contributed by atoms with Gasteiger partial charge in [-0.1, -0.05) is 18.2 Å². The molecule has 1 aromatic carbocycles. The van der Waals surface area contributed by atoms with Crippen LogP contribution in [0.3, 0.4) is 0 Å². The number of pyridine rings is 1. The molecule has 3 rings (SSSR count). The normalized spacial score (nSPS) is 17.5. The Morgan fingerprint density at radius 2 is 1.96 bits per heavy atom. The minimum absolute atomic E-state index is 0.0828. The zero-order chi connectivity index (χ0) is 16.7. The summed E-state index contributed by atoms with van der Waals surface area (Å²) < 4.78 is 45.0. The molecule has 2 aromatic rings. The molecule has 1 aliphatic heterocycles. The summed E-state index contributed by atoms with van der Waals surface area (Å²) in [6, 6.07) is 8.82. The van der Waals surface area contributed by atoms with Crippen molar-refractivity contribution in [2.45, 2.75) is 10.6 Å². The molecule has 1 aliphatic rings. The van der Waals surface area contributed by atoms with E-state index in [2.05, 4.69) is 4.98 Å². The van der Waals surface area contributed by atoms with E-state index in [1.165, 1.54) is 37.6 Å². The van der Waals surface area contributed by atoms with E-state index in [1.54, 1.807) is 12.1 Å². The molecule has 8 heteroatoms. The van der Waals surface area contributed by atoms with E-state index in [0.717, 1.165) is 4.31 Å². The van der Waals surface area contributed by atoms with Crippen LogP contribution in [0.1, 0.15) is 5.56 Å². The number of methoxy groups -OCH3 is 1. The smallest absolute Gasteiger partial charge is 0.264 e. The van der Waals surface area contributed by atoms with Crippen LogP contribution in [0.15, 0.2) is 47.6 Å². The third kappa shape index (κ3) is 2.58. The summed E-state index contributed by atoms with van der Waals surface area (Å²) in [5, 5.41) is 10.2. The molecule has 1 aromatic heterocycles. The summed E-state index contributed by atoms with van der Waals surface area (Å²) in [5.74, 6) is -0.448. The Morgan fingerprint density at radius 1 is 1.26 bits per heavy atom. The Kier molecular flexibility index (Phi) is 3.83. The highest BCUT2D eigenvalue weighted by Crippen LogP contribution is 2.37. The number of aromatic nitrogens is 1. The Labute approximate surface area is 133 Å². The van der Waals surface area contributed by atoms with Gasteiger partial charge in [-0.3, -0.25) is 0 Å². The Balaban J connectivity index is 1.88. The van der Waals surface area contributed by atoms with Crippen molar-refractivity contribution in [1.29, 1.82) is 0 Å². The molecular weight excluding hydrogens is 323 g/mol. The van der Waals surface area contributed by atoms with Crippen LogP contribution in [-0.2, 0) is 15.6 Å². The topological polar surface area (TPSA) is 79.7 Å². The Morgan fingerprint density at radius 3 is 2.61 bits per heavy atom. The van der Waals surface area contributed by atoms with Gasteiger partial charge in [0, 0.05) is 24.8 Å². The summed E-state index contributed by atoms with van der Waals surface area (Å²) in [4.78, 5) is 3.85. The third-order valence-corrected chi connectivity index (χ3v) is 5.52. The molecule has 0 atom stereocenters. The highest BCUT2D eigenvalue weighted by Gasteiger charge is 2.50. The average Bonchev–Trinajstić information content (AvgIpc) is 2.52. The second-order valence-electron chi connectivity index (χ2n) is 5.30. The molecule has 0 unspecified atom stereocenters. The van der Waals surface area contributed by atoms with Crippen LogP contribution in [0.2, 0.25) is 0 Å². The first-order valence-corrected chi connectivity index (χ1v) is 8.29. The van der Waals surface area contributed by atoms with E-state index < -0.39 is 21.4 Å². The molecular formula is C15H15FN2O4S. The molecule has 23 heavy (non-hydrogen) atoms. The number of hydrogen-bond acceptors (Lipinski definition) is 5. The van der Waals surface area contributed by atoms with Crippen molar-refractivity contribution in [1.82, 2.24) is 9.29 Å². The van der Waals surface area contributed by atoms with Gasteiger partial charge in [0.2, 0.25) is 5.03 Å². The zero-order valence-electron chi connectivity index (χ0n) is 12.3. The Bertz CT molecular complexity index is 835. The molecule has 0 radical (unpaired) electrons. The van der Waals surface area contributed by atoms with Crippen LogP contribution in [0.5, 0.6) is 5.75 Å². The number of hydrogen-bond donors (Lipinski definition) is 1. The number of sulfonamides is 1. The van der Waals surface area contributed by atoms with Gasteiger partial charge in [-0.25, -0.2) is 17.8 Å². The maximum absolute atomic E-state index is 13.8. The van der Waals surface area contributed by atoms with Gasteiger partial charge in [-0.05, 0) is 18.2 Å². The summed E-state index contributed by atoms with van der Waals surface area (Å²) in [6.07, 6.45) is 1.35. The maximum atomic E-state index is 13.8. The standard InChI is InChI=1S/C15H15FN2O4S/c1-22-13-7-4-8-17-14(13)23(20,21)18-9-15(19,10-18)11-5-2-3-6-12(11)16/h2-8,19H,9-10H2,1H3. The van der Waals surface area contributed by atoms with Crippen LogP contribution in [-0.4, -0.2) is 43.0 Å². The average molecular weight is 338 g/mol. The van der Waals surface area contributed by atoms with E-state index in [4.69, 9.17) is 4.74 Å². The molecule has 0 saturated carbocycles. The van der Waals surface area contributed by atoms with E-state index in [1.807, 2.05) is 0 Å². The van der Waals surface area contributed by atoms with Crippen molar-refractivity contribution in [3.63, 3.8) is 0 Å². The highest BCUT2D eigenvalue weighted by molar-refractivity contribution is 7.89. The predicted octanol–water partition coefficient (Wildman–Crippen LogP) is 1.12. The van der Waals surface area contributed by atoms with E-state index in [0.29, 0.717) is 0 Å². The summed E-state index contributed by atoms with van der Waals surface area (Å²) in [6.45, 7) is -0.480. The van der Waals surface area contributed by atoms with Gasteiger partial charge in [-0.15, -0.1) is 0 Å². The van der Waals surface area contributed by atoms with Crippen LogP contribution in [0.4, 0.5) is 4.39 Å². The van der Waals surface area contributed by atoms with Gasteiger partial charge in [0.1, 0.15) is 11.4 Å². The van der Waals surface area contributed by atoms with Crippen molar-refractivity contribution >= 4 is 10.0 Å². The quantitative estimate of drug-likeness (QED) is 0.904. The van der Waals surface area contributed by atoms with Crippen LogP contribution in [0.25, 0.3) is 0 Å². The fourth-order valence-electron chi connectivity index (χ4n) is 2.56. The number of ether oxygens (including phenoxy) is 1. The van der Waals surface area contributed by atoms with Crippen molar-refractivity contribution < 1.29 is 22.7 Å². The summed E-state index contributed by atoms with van der Waals surface area (Å²) in [7, 11) is -2.57. The molecule has 0 aliphatic carbocycles. The maximum Gasteiger partial charge on any atom is 0.264 e. The minimum atomic E-state index is -3.92. The lowest BCUT2D eigenvalue weighted by Gasteiger charge is -2.45. The van der Waals surface area contributed by atoms with Gasteiger partial charge < -0.3 is 9.84 Å². The number of aliphatic hydroxyl groups is 1. The number of benzene rings is 1. The monoisotopic (exact) mass is 338 g/mol. The fourth-order valence-corrected chi connectivity index (χ4v) is 4.17. The summed E-state index contributed by atoms with van der Waals surface area (Å²) >= 11 is 0. The lowest BCUT2D eigenvalue weighted by molar-refractivity contribution is -0.0674. The molecule has 0 spiro atoms. The first-order chi connectivity index (χ1) is 10.9. The summed E-state index contributed by atoms with van der Waals surface area (Å²) in [5.41, 5.74) is -1.46. The molecule has 1 fully saturated rings.